The molecular formula is C18H14BrNO3. The van der Waals surface area contributed by atoms with Gasteiger partial charge in [0.1, 0.15) is 0 Å². The highest BCUT2D eigenvalue weighted by Crippen LogP contribution is 2.33. The Balaban J connectivity index is 2.14. The number of rotatable bonds is 4. The molecule has 2 aromatic carbocycles. The smallest absolute Gasteiger partial charge is 0.361 e. The Morgan fingerprint density at radius 2 is 1.83 bits per heavy atom. The van der Waals surface area contributed by atoms with Gasteiger partial charge in [-0.15, -0.1) is 0 Å². The Hall–Kier alpha value is -2.40. The van der Waals surface area contributed by atoms with Crippen molar-refractivity contribution in [1.29, 1.82) is 0 Å². The van der Waals surface area contributed by atoms with Crippen molar-refractivity contribution in [3.05, 3.63) is 64.8 Å². The van der Waals surface area contributed by atoms with E-state index in [1.165, 1.54) is 0 Å². The van der Waals surface area contributed by atoms with E-state index in [0.717, 1.165) is 15.6 Å². The zero-order valence-electron chi connectivity index (χ0n) is 12.5. The van der Waals surface area contributed by atoms with Crippen LogP contribution < -0.4 is 0 Å². The number of benzene rings is 2. The zero-order valence-corrected chi connectivity index (χ0v) is 14.0. The van der Waals surface area contributed by atoms with Crippen LogP contribution in [0.1, 0.15) is 17.4 Å². The first-order valence-electron chi connectivity index (χ1n) is 7.19. The van der Waals surface area contributed by atoms with Crippen molar-refractivity contribution in [3.63, 3.8) is 0 Å². The van der Waals surface area contributed by atoms with E-state index in [4.69, 9.17) is 9.15 Å². The van der Waals surface area contributed by atoms with Crippen molar-refractivity contribution in [3.8, 4) is 22.8 Å². The Bertz CT molecular complexity index is 827. The summed E-state index contributed by atoms with van der Waals surface area (Å²) in [6, 6.07) is 17.0. The lowest BCUT2D eigenvalue weighted by Gasteiger charge is -2.00. The molecular weight excluding hydrogens is 358 g/mol. The van der Waals surface area contributed by atoms with E-state index in [2.05, 4.69) is 20.9 Å². The van der Waals surface area contributed by atoms with E-state index in [9.17, 15) is 4.79 Å². The summed E-state index contributed by atoms with van der Waals surface area (Å²) in [6.07, 6.45) is 0. The number of esters is 1. The number of halogens is 1. The van der Waals surface area contributed by atoms with Gasteiger partial charge >= 0.3 is 5.97 Å². The summed E-state index contributed by atoms with van der Waals surface area (Å²) in [7, 11) is 0. The molecule has 5 heteroatoms. The molecule has 0 amide bonds. The highest BCUT2D eigenvalue weighted by Gasteiger charge is 2.23. The van der Waals surface area contributed by atoms with Crippen LogP contribution in [0.4, 0.5) is 0 Å². The summed E-state index contributed by atoms with van der Waals surface area (Å²) in [5.74, 6) is 0.294. The van der Waals surface area contributed by atoms with Crippen molar-refractivity contribution in [2.24, 2.45) is 0 Å². The van der Waals surface area contributed by atoms with Gasteiger partial charge in [0.25, 0.3) is 0 Å². The molecule has 0 radical (unpaired) electrons. The first kappa shape index (κ1) is 15.5. The molecule has 0 spiro atoms. The number of carbonyl (C=O) groups is 1. The van der Waals surface area contributed by atoms with Crippen LogP contribution in [0.15, 0.2) is 63.5 Å². The molecule has 0 unspecified atom stereocenters. The molecule has 3 aromatic rings. The van der Waals surface area contributed by atoms with Crippen LogP contribution in [0.5, 0.6) is 0 Å². The monoisotopic (exact) mass is 371 g/mol. The minimum Gasteiger partial charge on any atom is -0.461 e. The van der Waals surface area contributed by atoms with Crippen LogP contribution >= 0.6 is 15.9 Å². The summed E-state index contributed by atoms with van der Waals surface area (Å²) in [5, 5.41) is 0. The van der Waals surface area contributed by atoms with Crippen molar-refractivity contribution in [2.45, 2.75) is 6.92 Å². The maximum Gasteiger partial charge on any atom is 0.361 e. The van der Waals surface area contributed by atoms with Crippen LogP contribution in [0.3, 0.4) is 0 Å². The molecule has 3 rings (SSSR count). The molecule has 0 aliphatic heterocycles. The molecule has 4 nitrogen and oxygen atoms in total. The predicted octanol–water partition coefficient (Wildman–Crippen LogP) is 4.95. The minimum atomic E-state index is -0.492. The lowest BCUT2D eigenvalue weighted by atomic mass is 10.1. The summed E-state index contributed by atoms with van der Waals surface area (Å²) in [6.45, 7) is 2.04. The lowest BCUT2D eigenvalue weighted by Crippen LogP contribution is -2.06. The predicted molar refractivity (Wildman–Crippen MR) is 91.0 cm³/mol. The molecule has 0 fully saturated rings. The third kappa shape index (κ3) is 3.19. The first-order chi connectivity index (χ1) is 11.2. The van der Waals surface area contributed by atoms with Gasteiger partial charge in [0, 0.05) is 10.0 Å². The van der Waals surface area contributed by atoms with Crippen LogP contribution in [0.2, 0.25) is 0 Å². The molecule has 0 N–H and O–H groups in total. The number of hydrogen-bond donors (Lipinski definition) is 0. The Morgan fingerprint density at radius 3 is 2.52 bits per heavy atom. The van der Waals surface area contributed by atoms with Crippen LogP contribution in [-0.2, 0) is 4.74 Å². The van der Waals surface area contributed by atoms with E-state index in [-0.39, 0.29) is 12.3 Å². The van der Waals surface area contributed by atoms with Gasteiger partial charge in [-0.25, -0.2) is 9.78 Å². The standard InChI is InChI=1S/C18H14BrNO3/c1-2-22-18(21)15-16(12-8-4-3-5-9-12)23-17(20-15)13-10-6-7-11-14(13)19/h3-11H,2H2,1H3. The molecule has 0 aliphatic carbocycles. The highest BCUT2D eigenvalue weighted by atomic mass is 79.9. The average Bonchev–Trinajstić information content (AvgIpc) is 3.01. The van der Waals surface area contributed by atoms with E-state index in [0.29, 0.717) is 11.7 Å². The van der Waals surface area contributed by atoms with Gasteiger partial charge in [0.05, 0.1) is 12.2 Å². The minimum absolute atomic E-state index is 0.184. The maximum atomic E-state index is 12.2. The van der Waals surface area contributed by atoms with E-state index >= 15 is 0 Å². The highest BCUT2D eigenvalue weighted by molar-refractivity contribution is 9.10. The number of ether oxygens (including phenoxy) is 1. The molecule has 0 aliphatic rings. The Morgan fingerprint density at radius 1 is 1.13 bits per heavy atom. The van der Waals surface area contributed by atoms with E-state index in [1.54, 1.807) is 6.92 Å². The Kier molecular flexibility index (Phi) is 4.57. The summed E-state index contributed by atoms with van der Waals surface area (Å²) in [5.41, 5.74) is 1.74. The van der Waals surface area contributed by atoms with Gasteiger partial charge in [-0.05, 0) is 35.0 Å². The van der Waals surface area contributed by atoms with Crippen molar-refractivity contribution < 1.29 is 13.9 Å². The van der Waals surface area contributed by atoms with Gasteiger partial charge in [-0.3, -0.25) is 0 Å². The van der Waals surface area contributed by atoms with E-state index < -0.39 is 5.97 Å². The molecule has 1 heterocycles. The van der Waals surface area contributed by atoms with E-state index in [1.807, 2.05) is 54.6 Å². The lowest BCUT2D eigenvalue weighted by molar-refractivity contribution is 0.0520. The maximum absolute atomic E-state index is 12.2. The fraction of sp³-hybridized carbons (Fsp3) is 0.111. The normalized spacial score (nSPS) is 10.5. The third-order valence-electron chi connectivity index (χ3n) is 3.24. The van der Waals surface area contributed by atoms with Crippen LogP contribution in [0, 0.1) is 0 Å². The van der Waals surface area contributed by atoms with Gasteiger partial charge in [0.15, 0.2) is 11.5 Å². The van der Waals surface area contributed by atoms with Crippen molar-refractivity contribution >= 4 is 21.9 Å². The molecule has 0 saturated carbocycles. The molecule has 0 atom stereocenters. The number of oxazole rings is 1. The first-order valence-corrected chi connectivity index (χ1v) is 7.98. The average molecular weight is 372 g/mol. The fourth-order valence-corrected chi connectivity index (χ4v) is 2.65. The van der Waals surface area contributed by atoms with Gasteiger partial charge in [0.2, 0.25) is 5.89 Å². The summed E-state index contributed by atoms with van der Waals surface area (Å²) in [4.78, 5) is 16.6. The number of hydrogen-bond acceptors (Lipinski definition) is 4. The van der Waals surface area contributed by atoms with Gasteiger partial charge < -0.3 is 9.15 Å². The second kappa shape index (κ2) is 6.79. The fourth-order valence-electron chi connectivity index (χ4n) is 2.19. The van der Waals surface area contributed by atoms with Crippen LogP contribution in [-0.4, -0.2) is 17.6 Å². The number of aromatic nitrogens is 1. The van der Waals surface area contributed by atoms with Gasteiger partial charge in [-0.1, -0.05) is 42.5 Å². The number of carbonyl (C=O) groups excluding carboxylic acids is 1. The second-order valence-corrected chi connectivity index (χ2v) is 5.62. The second-order valence-electron chi connectivity index (χ2n) is 4.76. The molecule has 23 heavy (non-hydrogen) atoms. The topological polar surface area (TPSA) is 52.3 Å². The third-order valence-corrected chi connectivity index (χ3v) is 3.93. The van der Waals surface area contributed by atoms with Crippen molar-refractivity contribution in [2.75, 3.05) is 6.61 Å². The van der Waals surface area contributed by atoms with Gasteiger partial charge in [-0.2, -0.15) is 0 Å². The zero-order chi connectivity index (χ0) is 16.2. The quantitative estimate of drug-likeness (QED) is 0.609. The van der Waals surface area contributed by atoms with Crippen LogP contribution in [0.25, 0.3) is 22.8 Å². The number of nitrogens with zero attached hydrogens (tertiary/aromatic N) is 1. The summed E-state index contributed by atoms with van der Waals surface area (Å²) >= 11 is 3.47. The SMILES string of the molecule is CCOC(=O)c1nc(-c2ccccc2Br)oc1-c1ccccc1. The summed E-state index contributed by atoms with van der Waals surface area (Å²) < 4.78 is 11.8. The molecule has 1 aromatic heterocycles. The molecule has 0 bridgehead atoms. The Labute approximate surface area is 142 Å². The van der Waals surface area contributed by atoms with Crippen molar-refractivity contribution in [1.82, 2.24) is 4.98 Å². The molecule has 0 saturated heterocycles. The largest absolute Gasteiger partial charge is 0.461 e. The molecule has 116 valence electrons.